The number of carbonyl (C=O) groups excluding carboxylic acids is 1. The van der Waals surface area contributed by atoms with Gasteiger partial charge >= 0.3 is 0 Å². The number of halogens is 1. The largest absolute Gasteiger partial charge is 0.507 e. The van der Waals surface area contributed by atoms with E-state index >= 15 is 0 Å². The standard InChI is InChI=1S/C24H27FN2O2/c1-23(2,3)19-12-15(13-20(21(19)28)24(4,5)6)11-16(14-26)22(29)27-18-9-7-17(25)8-10-18/h7-13,28H,1-6H3,(H,27,29)/b16-11+. The Bertz CT molecular complexity index is 951. The average molecular weight is 394 g/mol. The van der Waals surface area contributed by atoms with E-state index in [1.165, 1.54) is 30.3 Å². The number of phenolic OH excluding ortho intramolecular Hbond substituents is 1. The topological polar surface area (TPSA) is 73.1 Å². The predicted molar refractivity (Wildman–Crippen MR) is 114 cm³/mol. The molecule has 0 unspecified atom stereocenters. The quantitative estimate of drug-likeness (QED) is 0.520. The Kier molecular flexibility index (Phi) is 6.18. The highest BCUT2D eigenvalue weighted by molar-refractivity contribution is 6.09. The average Bonchev–Trinajstić information content (AvgIpc) is 2.60. The zero-order chi connectivity index (χ0) is 22.0. The normalized spacial score (nSPS) is 12.4. The van der Waals surface area contributed by atoms with E-state index in [0.717, 1.165) is 11.1 Å². The molecule has 5 heteroatoms. The Balaban J connectivity index is 2.50. The Morgan fingerprint density at radius 3 is 1.93 bits per heavy atom. The number of nitrogens with one attached hydrogen (secondary N) is 1. The van der Waals surface area contributed by atoms with E-state index in [1.54, 1.807) is 12.1 Å². The number of anilines is 1. The lowest BCUT2D eigenvalue weighted by Crippen LogP contribution is -2.18. The smallest absolute Gasteiger partial charge is 0.266 e. The third-order valence-electron chi connectivity index (χ3n) is 4.53. The van der Waals surface area contributed by atoms with Crippen molar-refractivity contribution in [3.8, 4) is 11.8 Å². The highest BCUT2D eigenvalue weighted by Crippen LogP contribution is 2.40. The molecule has 0 radical (unpaired) electrons. The van der Waals surface area contributed by atoms with Gasteiger partial charge in [0.05, 0.1) is 0 Å². The zero-order valence-corrected chi connectivity index (χ0v) is 17.7. The minimum atomic E-state index is -0.582. The Labute approximate surface area is 171 Å². The van der Waals surface area contributed by atoms with Gasteiger partial charge in [-0.1, -0.05) is 41.5 Å². The van der Waals surface area contributed by atoms with E-state index in [0.29, 0.717) is 11.3 Å². The molecule has 2 rings (SSSR count). The van der Waals surface area contributed by atoms with Crippen LogP contribution in [-0.2, 0) is 15.6 Å². The first-order valence-electron chi connectivity index (χ1n) is 9.39. The number of benzene rings is 2. The molecule has 29 heavy (non-hydrogen) atoms. The molecule has 152 valence electrons. The molecule has 4 nitrogen and oxygen atoms in total. The summed E-state index contributed by atoms with van der Waals surface area (Å²) < 4.78 is 13.0. The van der Waals surface area contributed by atoms with E-state index in [1.807, 2.05) is 47.6 Å². The van der Waals surface area contributed by atoms with Crippen molar-refractivity contribution in [2.24, 2.45) is 0 Å². The molecule has 0 atom stereocenters. The van der Waals surface area contributed by atoms with Crippen molar-refractivity contribution in [1.29, 1.82) is 5.26 Å². The van der Waals surface area contributed by atoms with Gasteiger partial charge in [0.1, 0.15) is 23.2 Å². The van der Waals surface area contributed by atoms with Gasteiger partial charge in [0, 0.05) is 16.8 Å². The number of amides is 1. The molecule has 2 aromatic carbocycles. The van der Waals surface area contributed by atoms with Gasteiger partial charge in [-0.2, -0.15) is 5.26 Å². The lowest BCUT2D eigenvalue weighted by atomic mass is 9.78. The molecule has 0 aliphatic rings. The zero-order valence-electron chi connectivity index (χ0n) is 17.7. The molecule has 1 amide bonds. The van der Waals surface area contributed by atoms with Crippen LogP contribution in [0.4, 0.5) is 10.1 Å². The summed E-state index contributed by atoms with van der Waals surface area (Å²) in [6.45, 7) is 12.0. The molecule has 0 aromatic heterocycles. The van der Waals surface area contributed by atoms with Gasteiger partial charge in [0.15, 0.2) is 0 Å². The third-order valence-corrected chi connectivity index (χ3v) is 4.53. The van der Waals surface area contributed by atoms with Crippen molar-refractivity contribution in [3.63, 3.8) is 0 Å². The molecular weight excluding hydrogens is 367 g/mol. The van der Waals surface area contributed by atoms with E-state index < -0.39 is 11.7 Å². The van der Waals surface area contributed by atoms with E-state index in [-0.39, 0.29) is 22.2 Å². The number of nitrogens with zero attached hydrogens (tertiary/aromatic N) is 1. The number of nitriles is 1. The summed E-state index contributed by atoms with van der Waals surface area (Å²) in [5, 5.41) is 22.9. The second-order valence-corrected chi connectivity index (χ2v) is 9.10. The molecule has 0 fully saturated rings. The molecule has 0 aliphatic carbocycles. The van der Waals surface area contributed by atoms with Crippen LogP contribution in [-0.4, -0.2) is 11.0 Å². The van der Waals surface area contributed by atoms with Gasteiger partial charge in [-0.05, 0) is 58.9 Å². The van der Waals surface area contributed by atoms with Gasteiger partial charge < -0.3 is 10.4 Å². The van der Waals surface area contributed by atoms with Crippen LogP contribution in [0.1, 0.15) is 58.2 Å². The fourth-order valence-corrected chi connectivity index (χ4v) is 2.93. The first-order chi connectivity index (χ1) is 13.3. The summed E-state index contributed by atoms with van der Waals surface area (Å²) in [4.78, 5) is 12.5. The number of aromatic hydroxyl groups is 1. The SMILES string of the molecule is CC(C)(C)c1cc(/C=C(\C#N)C(=O)Nc2ccc(F)cc2)cc(C(C)(C)C)c1O. The van der Waals surface area contributed by atoms with Crippen molar-refractivity contribution >= 4 is 17.7 Å². The number of hydrogen-bond acceptors (Lipinski definition) is 3. The lowest BCUT2D eigenvalue weighted by molar-refractivity contribution is -0.112. The molecule has 2 N–H and O–H groups in total. The Hall–Kier alpha value is -3.13. The van der Waals surface area contributed by atoms with Gasteiger partial charge in [0.25, 0.3) is 5.91 Å². The maximum absolute atomic E-state index is 13.0. The molecule has 0 saturated heterocycles. The number of carbonyl (C=O) groups is 1. The number of phenols is 1. The van der Waals surface area contributed by atoms with Crippen molar-refractivity contribution in [2.45, 2.75) is 52.4 Å². The molecular formula is C24H27FN2O2. The maximum Gasteiger partial charge on any atom is 0.266 e. The van der Waals surface area contributed by atoms with E-state index in [4.69, 9.17) is 0 Å². The predicted octanol–water partition coefficient (Wildman–Crippen LogP) is 5.67. The number of hydrogen-bond donors (Lipinski definition) is 2. The van der Waals surface area contributed by atoms with Crippen LogP contribution in [0.2, 0.25) is 0 Å². The molecule has 0 aliphatic heterocycles. The first kappa shape index (κ1) is 22.2. The van der Waals surface area contributed by atoms with Crippen LogP contribution < -0.4 is 5.32 Å². The summed E-state index contributed by atoms with van der Waals surface area (Å²) >= 11 is 0. The first-order valence-corrected chi connectivity index (χ1v) is 9.39. The minimum Gasteiger partial charge on any atom is -0.507 e. The van der Waals surface area contributed by atoms with Crippen molar-refractivity contribution < 1.29 is 14.3 Å². The highest BCUT2D eigenvalue weighted by Gasteiger charge is 2.26. The highest BCUT2D eigenvalue weighted by atomic mass is 19.1. The lowest BCUT2D eigenvalue weighted by Gasteiger charge is -2.28. The second kappa shape index (κ2) is 8.08. The Morgan fingerprint density at radius 2 is 1.52 bits per heavy atom. The van der Waals surface area contributed by atoms with Crippen LogP contribution in [0.15, 0.2) is 42.0 Å². The van der Waals surface area contributed by atoms with Gasteiger partial charge in [-0.15, -0.1) is 0 Å². The summed E-state index contributed by atoms with van der Waals surface area (Å²) in [5.74, 6) is -0.759. The fraction of sp³-hybridized carbons (Fsp3) is 0.333. The van der Waals surface area contributed by atoms with E-state index in [9.17, 15) is 19.6 Å². The molecule has 0 bridgehead atoms. The molecule has 2 aromatic rings. The van der Waals surface area contributed by atoms with Gasteiger partial charge in [0.2, 0.25) is 0 Å². The van der Waals surface area contributed by atoms with E-state index in [2.05, 4.69) is 5.32 Å². The monoisotopic (exact) mass is 394 g/mol. The summed E-state index contributed by atoms with van der Waals surface area (Å²) in [7, 11) is 0. The van der Waals surface area contributed by atoms with Crippen LogP contribution >= 0.6 is 0 Å². The van der Waals surface area contributed by atoms with Crippen molar-refractivity contribution in [3.05, 3.63) is 64.5 Å². The summed E-state index contributed by atoms with van der Waals surface area (Å²) in [6.07, 6.45) is 1.50. The summed E-state index contributed by atoms with van der Waals surface area (Å²) in [6, 6.07) is 10.8. The second-order valence-electron chi connectivity index (χ2n) is 9.10. The maximum atomic E-state index is 13.0. The minimum absolute atomic E-state index is 0.0836. The number of rotatable bonds is 3. The van der Waals surface area contributed by atoms with Crippen LogP contribution in [0.25, 0.3) is 6.08 Å². The molecule has 0 heterocycles. The van der Waals surface area contributed by atoms with Crippen molar-refractivity contribution in [2.75, 3.05) is 5.32 Å². The fourth-order valence-electron chi connectivity index (χ4n) is 2.93. The van der Waals surface area contributed by atoms with Crippen LogP contribution in [0.5, 0.6) is 5.75 Å². The molecule has 0 spiro atoms. The van der Waals surface area contributed by atoms with Crippen molar-refractivity contribution in [1.82, 2.24) is 0 Å². The van der Waals surface area contributed by atoms with Gasteiger partial charge in [-0.3, -0.25) is 4.79 Å². The van der Waals surface area contributed by atoms with Crippen LogP contribution in [0.3, 0.4) is 0 Å². The summed E-state index contributed by atoms with van der Waals surface area (Å²) in [5.41, 5.74) is 1.81. The van der Waals surface area contributed by atoms with Gasteiger partial charge in [-0.25, -0.2) is 4.39 Å². The Morgan fingerprint density at radius 1 is 1.03 bits per heavy atom. The molecule has 0 saturated carbocycles. The van der Waals surface area contributed by atoms with Crippen LogP contribution in [0, 0.1) is 17.1 Å². The third kappa shape index (κ3) is 5.45.